The van der Waals surface area contributed by atoms with Gasteiger partial charge < -0.3 is 23.2 Å². The zero-order valence-electron chi connectivity index (χ0n) is 52.2. The molecule has 0 fully saturated rings. The van der Waals surface area contributed by atoms with E-state index in [-0.39, 0.29) is 12.1 Å². The molecule has 0 unspecified atom stereocenters. The zero-order chi connectivity index (χ0) is 62.3. The molecule has 0 atom stereocenters. The van der Waals surface area contributed by atoms with Gasteiger partial charge in [0.1, 0.15) is 11.2 Å². The smallest absolute Gasteiger partial charge is 0.252 e. The molecule has 0 aliphatic carbocycles. The second-order valence-electron chi connectivity index (χ2n) is 26.3. The van der Waals surface area contributed by atoms with E-state index in [1.54, 1.807) is 0 Å². The number of aromatic nitrogens is 1. The van der Waals surface area contributed by atoms with Gasteiger partial charge in [-0.15, -0.1) is 0 Å². The van der Waals surface area contributed by atoms with Crippen molar-refractivity contribution in [3.63, 3.8) is 0 Å². The highest BCUT2D eigenvalue weighted by molar-refractivity contribution is 7.00. The largest absolute Gasteiger partial charge is 0.454 e. The van der Waals surface area contributed by atoms with Gasteiger partial charge in [0, 0.05) is 71.9 Å². The van der Waals surface area contributed by atoms with Gasteiger partial charge in [-0.1, -0.05) is 257 Å². The van der Waals surface area contributed by atoms with Crippen LogP contribution in [-0.2, 0) is 5.41 Å². The molecule has 14 aromatic carbocycles. The minimum absolute atomic E-state index is 0.0556. The molecule has 0 saturated heterocycles. The Kier molecular flexibility index (Phi) is 12.0. The second-order valence-corrected chi connectivity index (χ2v) is 26.3. The highest BCUT2D eigenvalue weighted by atomic mass is 16.3. The maximum atomic E-state index is 7.44. The maximum absolute atomic E-state index is 7.44. The minimum atomic E-state index is -0.328. The molecule has 3 aromatic heterocycles. The molecule has 5 heterocycles. The fraction of sp³-hybridized carbons (Fsp3) is 0.0455. The van der Waals surface area contributed by atoms with Crippen LogP contribution in [0, 0.1) is 0 Å². The number of nitrogens with zero attached hydrogens (tertiary/aromatic N) is 3. The first-order valence-corrected chi connectivity index (χ1v) is 32.6. The lowest BCUT2D eigenvalue weighted by Gasteiger charge is -2.45. The third-order valence-corrected chi connectivity index (χ3v) is 19.9. The number of rotatable bonds is 8. The Morgan fingerprint density at radius 2 is 0.723 bits per heavy atom. The van der Waals surface area contributed by atoms with Crippen molar-refractivity contribution in [1.29, 1.82) is 0 Å². The monoisotopic (exact) mass is 1200 g/mol. The van der Waals surface area contributed by atoms with E-state index in [4.69, 9.17) is 8.83 Å². The molecule has 2 aliphatic heterocycles. The van der Waals surface area contributed by atoms with Gasteiger partial charge in [-0.25, -0.2) is 0 Å². The van der Waals surface area contributed by atoms with Gasteiger partial charge in [0.15, 0.2) is 11.2 Å². The molecule has 2 aliphatic rings. The van der Waals surface area contributed by atoms with Crippen LogP contribution < -0.4 is 26.2 Å². The summed E-state index contributed by atoms with van der Waals surface area (Å²) >= 11 is 0. The molecule has 0 amide bonds. The van der Waals surface area contributed by atoms with Crippen molar-refractivity contribution in [3.05, 3.63) is 315 Å². The fourth-order valence-corrected chi connectivity index (χ4v) is 15.6. The highest BCUT2D eigenvalue weighted by Gasteiger charge is 2.46. The normalized spacial score (nSPS) is 12.8. The molecule has 94 heavy (non-hydrogen) atoms. The quantitative estimate of drug-likeness (QED) is 0.142. The van der Waals surface area contributed by atoms with Crippen molar-refractivity contribution < 1.29 is 8.83 Å². The number of fused-ring (bicyclic) bond motifs is 13. The van der Waals surface area contributed by atoms with Crippen LogP contribution in [0.3, 0.4) is 0 Å². The average molecular weight is 1200 g/mol. The molecular weight excluding hydrogens is 1140 g/mol. The molecule has 442 valence electrons. The Labute approximate surface area is 545 Å². The van der Waals surface area contributed by atoms with Crippen molar-refractivity contribution >= 4 is 123 Å². The Balaban J connectivity index is 1.03. The summed E-state index contributed by atoms with van der Waals surface area (Å²) in [4.78, 5) is 5.19. The maximum Gasteiger partial charge on any atom is 0.252 e. The highest BCUT2D eigenvalue weighted by Crippen LogP contribution is 2.55. The van der Waals surface area contributed by atoms with E-state index in [2.05, 4.69) is 345 Å². The molecule has 0 saturated carbocycles. The standard InChI is InChI=1S/C88H60BN3O2/c1-88(2,3)61-42-40-55(41-43-61)60-50-79-83-80(51-60)92(85-64(57-26-10-5-11-27-57)46-48-70-68-35-19-23-39-82(68)94-87(70)85)78-54-72(59-30-14-7-15-31-59)71(58-28-12-6-13-29-58)53-74(78)89(83)73-52-62(90-75-36-20-16-32-65(75)66-33-17-21-37-76(66)90)44-49-77(73)91(79)84-63(56-24-8-4-9-25-56)45-47-69-67-34-18-22-38-81(67)93-86(69)84/h4-54H,1-3H3. The lowest BCUT2D eigenvalue weighted by Crippen LogP contribution is -2.61. The van der Waals surface area contributed by atoms with Gasteiger partial charge in [0.05, 0.1) is 22.4 Å². The summed E-state index contributed by atoms with van der Waals surface area (Å²) in [5.41, 5.74) is 28.6. The van der Waals surface area contributed by atoms with E-state index in [0.29, 0.717) is 0 Å². The van der Waals surface area contributed by atoms with E-state index in [9.17, 15) is 0 Å². The molecule has 6 heteroatoms. The predicted octanol–water partition coefficient (Wildman–Crippen LogP) is 22.3. The molecule has 0 radical (unpaired) electrons. The third kappa shape index (κ3) is 8.22. The van der Waals surface area contributed by atoms with Crippen LogP contribution in [0.1, 0.15) is 26.3 Å². The van der Waals surface area contributed by atoms with Crippen molar-refractivity contribution in [2.24, 2.45) is 0 Å². The van der Waals surface area contributed by atoms with Crippen LogP contribution in [-0.4, -0.2) is 11.3 Å². The van der Waals surface area contributed by atoms with Gasteiger partial charge in [0.25, 0.3) is 6.71 Å². The van der Waals surface area contributed by atoms with E-state index < -0.39 is 0 Å². The first-order chi connectivity index (χ1) is 46.3. The van der Waals surface area contributed by atoms with Gasteiger partial charge in [-0.2, -0.15) is 0 Å². The summed E-state index contributed by atoms with van der Waals surface area (Å²) in [5.74, 6) is 0. The summed E-state index contributed by atoms with van der Waals surface area (Å²) in [6, 6.07) is 114. The van der Waals surface area contributed by atoms with Crippen molar-refractivity contribution in [1.82, 2.24) is 4.57 Å². The molecule has 0 spiro atoms. The molecular formula is C88H60BN3O2. The predicted molar refractivity (Wildman–Crippen MR) is 395 cm³/mol. The summed E-state index contributed by atoms with van der Waals surface area (Å²) in [6.45, 7) is 6.55. The Morgan fingerprint density at radius 1 is 0.298 bits per heavy atom. The first kappa shape index (κ1) is 53.9. The van der Waals surface area contributed by atoms with Crippen LogP contribution in [0.25, 0.3) is 127 Å². The van der Waals surface area contributed by atoms with E-state index in [1.165, 1.54) is 32.7 Å². The minimum Gasteiger partial charge on any atom is -0.454 e. The lowest BCUT2D eigenvalue weighted by atomic mass is 9.33. The number of para-hydroxylation sites is 4. The van der Waals surface area contributed by atoms with Gasteiger partial charge >= 0.3 is 0 Å². The first-order valence-electron chi connectivity index (χ1n) is 32.6. The number of furan rings is 2. The Bertz CT molecular complexity index is 5850. The molecule has 0 N–H and O–H groups in total. The Hall–Kier alpha value is -11.9. The third-order valence-electron chi connectivity index (χ3n) is 19.9. The van der Waals surface area contributed by atoms with E-state index in [0.717, 1.165) is 150 Å². The van der Waals surface area contributed by atoms with Crippen LogP contribution in [0.5, 0.6) is 0 Å². The topological polar surface area (TPSA) is 37.7 Å². The lowest BCUT2D eigenvalue weighted by molar-refractivity contribution is 0.590. The molecule has 17 aromatic rings. The van der Waals surface area contributed by atoms with Crippen LogP contribution >= 0.6 is 0 Å². The van der Waals surface area contributed by atoms with E-state index >= 15 is 0 Å². The molecule has 0 bridgehead atoms. The van der Waals surface area contributed by atoms with Crippen molar-refractivity contribution in [2.75, 3.05) is 9.80 Å². The van der Waals surface area contributed by atoms with Gasteiger partial charge in [0.2, 0.25) is 0 Å². The van der Waals surface area contributed by atoms with Crippen LogP contribution in [0.2, 0.25) is 0 Å². The van der Waals surface area contributed by atoms with Crippen LogP contribution in [0.15, 0.2) is 318 Å². The number of anilines is 6. The SMILES string of the molecule is CC(C)(C)c1ccc(-c2cc3c4c(c2)N(c2c(-c5ccccc5)ccc5c2oc2ccccc25)c2cc(-c5ccccc5)c(-c5ccccc5)cc2B4c2cc(-n4c5ccccc5c5ccccc54)ccc2N3c2c(-c3ccccc3)ccc3c2oc2ccccc23)cc1. The summed E-state index contributed by atoms with van der Waals surface area (Å²) in [7, 11) is 0. The zero-order valence-corrected chi connectivity index (χ0v) is 52.2. The van der Waals surface area contributed by atoms with Crippen molar-refractivity contribution in [2.45, 2.75) is 26.2 Å². The summed E-state index contributed by atoms with van der Waals surface area (Å²) in [5, 5.41) is 6.66. The Morgan fingerprint density at radius 3 is 1.22 bits per heavy atom. The van der Waals surface area contributed by atoms with Crippen molar-refractivity contribution in [3.8, 4) is 61.3 Å². The van der Waals surface area contributed by atoms with E-state index in [1.807, 2.05) is 0 Å². The summed E-state index contributed by atoms with van der Waals surface area (Å²) < 4.78 is 17.3. The molecule has 5 nitrogen and oxygen atoms in total. The fourth-order valence-electron chi connectivity index (χ4n) is 15.6. The number of hydrogen-bond acceptors (Lipinski definition) is 4. The second kappa shape index (κ2) is 20.8. The van der Waals surface area contributed by atoms with Crippen LogP contribution in [0.4, 0.5) is 34.1 Å². The molecule has 19 rings (SSSR count). The number of hydrogen-bond donors (Lipinski definition) is 0. The van der Waals surface area contributed by atoms with Gasteiger partial charge in [-0.05, 0) is 145 Å². The van der Waals surface area contributed by atoms with Gasteiger partial charge in [-0.3, -0.25) is 0 Å². The average Bonchev–Trinajstić information content (AvgIpc) is 0.728. The summed E-state index contributed by atoms with van der Waals surface area (Å²) in [6.07, 6.45) is 0. The number of benzene rings is 14.